The minimum absolute atomic E-state index is 0.0947. The maximum atomic E-state index is 12.1. The number of nitriles is 1. The first-order chi connectivity index (χ1) is 7.95. The SMILES string of the molecule is Cc1cc(C)c(C(=O)NC(C)CC#N)c(C)c1. The van der Waals surface area contributed by atoms with E-state index in [-0.39, 0.29) is 11.9 Å². The molecule has 1 atom stereocenters. The average molecular weight is 230 g/mol. The molecule has 1 unspecified atom stereocenters. The Morgan fingerprint density at radius 1 is 1.35 bits per heavy atom. The predicted octanol–water partition coefficient (Wildman–Crippen LogP) is 2.64. The summed E-state index contributed by atoms with van der Waals surface area (Å²) >= 11 is 0. The fourth-order valence-corrected chi connectivity index (χ4v) is 2.02. The number of rotatable bonds is 3. The van der Waals surface area contributed by atoms with Gasteiger partial charge in [-0.3, -0.25) is 4.79 Å². The average Bonchev–Trinajstić information content (AvgIpc) is 2.15. The van der Waals surface area contributed by atoms with Crippen molar-refractivity contribution in [2.75, 3.05) is 0 Å². The Hall–Kier alpha value is -1.82. The van der Waals surface area contributed by atoms with Crippen LogP contribution in [0.4, 0.5) is 0 Å². The number of amides is 1. The van der Waals surface area contributed by atoms with E-state index in [4.69, 9.17) is 5.26 Å². The quantitative estimate of drug-likeness (QED) is 0.867. The van der Waals surface area contributed by atoms with Crippen molar-refractivity contribution in [3.8, 4) is 6.07 Å². The van der Waals surface area contributed by atoms with Crippen LogP contribution in [0.15, 0.2) is 12.1 Å². The molecule has 1 N–H and O–H groups in total. The van der Waals surface area contributed by atoms with Crippen LogP contribution in [0, 0.1) is 32.1 Å². The highest BCUT2D eigenvalue weighted by atomic mass is 16.1. The fourth-order valence-electron chi connectivity index (χ4n) is 2.02. The lowest BCUT2D eigenvalue weighted by Gasteiger charge is -2.14. The van der Waals surface area contributed by atoms with Gasteiger partial charge in [0.05, 0.1) is 12.5 Å². The molecule has 0 spiro atoms. The number of nitrogens with one attached hydrogen (secondary N) is 1. The molecular weight excluding hydrogens is 212 g/mol. The van der Waals surface area contributed by atoms with Gasteiger partial charge < -0.3 is 5.32 Å². The molecule has 1 amide bonds. The molecule has 1 aromatic carbocycles. The van der Waals surface area contributed by atoms with E-state index in [1.165, 1.54) is 0 Å². The van der Waals surface area contributed by atoms with E-state index in [0.717, 1.165) is 22.3 Å². The smallest absolute Gasteiger partial charge is 0.252 e. The van der Waals surface area contributed by atoms with E-state index in [2.05, 4.69) is 5.32 Å². The molecule has 1 aromatic rings. The number of carbonyl (C=O) groups excluding carboxylic acids is 1. The molecule has 0 aliphatic heterocycles. The summed E-state index contributed by atoms with van der Waals surface area (Å²) in [7, 11) is 0. The number of carbonyl (C=O) groups is 1. The highest BCUT2D eigenvalue weighted by Crippen LogP contribution is 2.16. The lowest BCUT2D eigenvalue weighted by atomic mass is 9.99. The summed E-state index contributed by atoms with van der Waals surface area (Å²) in [5, 5.41) is 11.4. The first-order valence-corrected chi connectivity index (χ1v) is 5.71. The molecule has 0 saturated carbocycles. The van der Waals surface area contributed by atoms with Crippen LogP contribution < -0.4 is 5.32 Å². The van der Waals surface area contributed by atoms with Crippen molar-refractivity contribution in [3.63, 3.8) is 0 Å². The second kappa shape index (κ2) is 5.49. The van der Waals surface area contributed by atoms with E-state index < -0.39 is 0 Å². The third-order valence-electron chi connectivity index (χ3n) is 2.68. The summed E-state index contributed by atoms with van der Waals surface area (Å²) in [4.78, 5) is 12.1. The molecule has 0 saturated heterocycles. The topological polar surface area (TPSA) is 52.9 Å². The van der Waals surface area contributed by atoms with Gasteiger partial charge in [0.25, 0.3) is 5.91 Å². The van der Waals surface area contributed by atoms with Gasteiger partial charge in [0.15, 0.2) is 0 Å². The maximum absolute atomic E-state index is 12.1. The molecular formula is C14H18N2O. The standard InChI is InChI=1S/C14H18N2O/c1-9-7-10(2)13(11(3)8-9)14(17)16-12(4)5-6-15/h7-8,12H,5H2,1-4H3,(H,16,17). The Morgan fingerprint density at radius 3 is 2.35 bits per heavy atom. The van der Waals surface area contributed by atoms with Gasteiger partial charge in [0.2, 0.25) is 0 Å². The minimum atomic E-state index is -0.118. The number of nitrogens with zero attached hydrogens (tertiary/aromatic N) is 1. The summed E-state index contributed by atoms with van der Waals surface area (Å²) < 4.78 is 0. The van der Waals surface area contributed by atoms with Crippen molar-refractivity contribution in [3.05, 3.63) is 34.4 Å². The van der Waals surface area contributed by atoms with Crippen molar-refractivity contribution in [2.24, 2.45) is 0 Å². The van der Waals surface area contributed by atoms with E-state index in [1.807, 2.05) is 45.9 Å². The van der Waals surface area contributed by atoms with E-state index >= 15 is 0 Å². The van der Waals surface area contributed by atoms with Crippen LogP contribution in [0.1, 0.15) is 40.4 Å². The van der Waals surface area contributed by atoms with Crippen LogP contribution in [0.25, 0.3) is 0 Å². The molecule has 0 bridgehead atoms. The van der Waals surface area contributed by atoms with Crippen molar-refractivity contribution in [2.45, 2.75) is 40.2 Å². The van der Waals surface area contributed by atoms with Crippen LogP contribution in [-0.4, -0.2) is 11.9 Å². The van der Waals surface area contributed by atoms with Gasteiger partial charge in [0.1, 0.15) is 0 Å². The molecule has 3 heteroatoms. The zero-order chi connectivity index (χ0) is 13.0. The van der Waals surface area contributed by atoms with E-state index in [0.29, 0.717) is 6.42 Å². The molecule has 0 heterocycles. The molecule has 3 nitrogen and oxygen atoms in total. The Morgan fingerprint density at radius 2 is 1.88 bits per heavy atom. The van der Waals surface area contributed by atoms with Gasteiger partial charge in [0, 0.05) is 11.6 Å². The molecule has 0 fully saturated rings. The summed E-state index contributed by atoms with van der Waals surface area (Å²) in [6, 6.07) is 5.92. The van der Waals surface area contributed by atoms with Gasteiger partial charge in [-0.05, 0) is 38.8 Å². The molecule has 17 heavy (non-hydrogen) atoms. The third-order valence-corrected chi connectivity index (χ3v) is 2.68. The Kier molecular flexibility index (Phi) is 4.28. The van der Waals surface area contributed by atoms with Gasteiger partial charge in [-0.1, -0.05) is 17.7 Å². The highest BCUT2D eigenvalue weighted by Gasteiger charge is 2.14. The second-order valence-corrected chi connectivity index (χ2v) is 4.51. The van der Waals surface area contributed by atoms with E-state index in [9.17, 15) is 4.79 Å². The van der Waals surface area contributed by atoms with Crippen LogP contribution in [0.5, 0.6) is 0 Å². The zero-order valence-corrected chi connectivity index (χ0v) is 10.8. The van der Waals surface area contributed by atoms with Gasteiger partial charge in [-0.25, -0.2) is 0 Å². The highest BCUT2D eigenvalue weighted by molar-refractivity contribution is 5.97. The number of hydrogen-bond donors (Lipinski definition) is 1. The van der Waals surface area contributed by atoms with Gasteiger partial charge in [-0.2, -0.15) is 5.26 Å². The Balaban J connectivity index is 2.94. The largest absolute Gasteiger partial charge is 0.349 e. The number of aryl methyl sites for hydroxylation is 3. The monoisotopic (exact) mass is 230 g/mol. The molecule has 0 aliphatic rings. The summed E-state index contributed by atoms with van der Waals surface area (Å²) in [5.41, 5.74) is 3.83. The van der Waals surface area contributed by atoms with Crippen molar-refractivity contribution < 1.29 is 4.79 Å². The summed E-state index contributed by atoms with van der Waals surface area (Å²) in [6.07, 6.45) is 0.329. The fraction of sp³-hybridized carbons (Fsp3) is 0.429. The molecule has 0 radical (unpaired) electrons. The number of hydrogen-bond acceptors (Lipinski definition) is 2. The molecule has 0 aliphatic carbocycles. The van der Waals surface area contributed by atoms with Crippen molar-refractivity contribution in [1.82, 2.24) is 5.32 Å². The maximum Gasteiger partial charge on any atom is 0.252 e. The molecule has 0 aromatic heterocycles. The first kappa shape index (κ1) is 13.2. The Bertz CT molecular complexity index is 449. The molecule has 1 rings (SSSR count). The van der Waals surface area contributed by atoms with E-state index in [1.54, 1.807) is 0 Å². The van der Waals surface area contributed by atoms with Crippen LogP contribution in [0.3, 0.4) is 0 Å². The van der Waals surface area contributed by atoms with Crippen molar-refractivity contribution in [1.29, 1.82) is 5.26 Å². The lowest BCUT2D eigenvalue weighted by Crippen LogP contribution is -2.33. The normalized spacial score (nSPS) is 11.7. The molecule has 90 valence electrons. The summed E-state index contributed by atoms with van der Waals surface area (Å²) in [5.74, 6) is -0.0947. The predicted molar refractivity (Wildman–Crippen MR) is 67.8 cm³/mol. The van der Waals surface area contributed by atoms with Crippen LogP contribution in [0.2, 0.25) is 0 Å². The zero-order valence-electron chi connectivity index (χ0n) is 10.8. The first-order valence-electron chi connectivity index (χ1n) is 5.71. The second-order valence-electron chi connectivity index (χ2n) is 4.51. The third kappa shape index (κ3) is 3.32. The van der Waals surface area contributed by atoms with Gasteiger partial charge >= 0.3 is 0 Å². The summed E-state index contributed by atoms with van der Waals surface area (Å²) in [6.45, 7) is 7.72. The number of benzene rings is 1. The van der Waals surface area contributed by atoms with Gasteiger partial charge in [-0.15, -0.1) is 0 Å². The Labute approximate surface area is 102 Å². The van der Waals surface area contributed by atoms with Crippen LogP contribution in [-0.2, 0) is 0 Å². The minimum Gasteiger partial charge on any atom is -0.349 e. The lowest BCUT2D eigenvalue weighted by molar-refractivity contribution is 0.0939. The van der Waals surface area contributed by atoms with Crippen LogP contribution >= 0.6 is 0 Å². The van der Waals surface area contributed by atoms with Crippen molar-refractivity contribution >= 4 is 5.91 Å².